The summed E-state index contributed by atoms with van der Waals surface area (Å²) in [6, 6.07) is 48.4. The lowest BCUT2D eigenvalue weighted by molar-refractivity contribution is -0.234. The van der Waals surface area contributed by atoms with Crippen LogP contribution in [0.15, 0.2) is 127 Å². The lowest BCUT2D eigenvalue weighted by atomic mass is 9.26. The lowest BCUT2D eigenvalue weighted by Crippen LogP contribution is -2.74. The van der Waals surface area contributed by atoms with Crippen LogP contribution in [0.3, 0.4) is 0 Å². The zero-order valence-electron chi connectivity index (χ0n) is 32.0. The molecule has 0 radical (unpaired) electrons. The molecule has 268 valence electrons. The highest BCUT2D eigenvalue weighted by molar-refractivity contribution is 5.89. The van der Waals surface area contributed by atoms with E-state index in [1.807, 2.05) is 0 Å². The molecule has 0 amide bonds. The minimum atomic E-state index is -0.0226. The highest BCUT2D eigenvalue weighted by Gasteiger charge is 2.84. The van der Waals surface area contributed by atoms with Gasteiger partial charge in [-0.2, -0.15) is 0 Å². The van der Waals surface area contributed by atoms with Gasteiger partial charge in [0.15, 0.2) is 0 Å². The van der Waals surface area contributed by atoms with Crippen molar-refractivity contribution in [1.82, 2.24) is 0 Å². The third-order valence-electron chi connectivity index (χ3n) is 16.0. The smallest absolute Gasteiger partial charge is 0.133 e. The van der Waals surface area contributed by atoms with Gasteiger partial charge in [-0.25, -0.2) is 0 Å². The van der Waals surface area contributed by atoms with Crippen LogP contribution in [0.2, 0.25) is 0 Å². The van der Waals surface area contributed by atoms with E-state index in [1.165, 1.54) is 99.7 Å². The molecule has 4 fully saturated rings. The quantitative estimate of drug-likeness (QED) is 0.181. The van der Waals surface area contributed by atoms with Crippen molar-refractivity contribution >= 4 is 27.8 Å². The van der Waals surface area contributed by atoms with Crippen molar-refractivity contribution in [2.24, 2.45) is 29.1 Å². The molecule has 2 nitrogen and oxygen atoms in total. The second-order valence-corrected chi connectivity index (χ2v) is 19.3. The fourth-order valence-electron chi connectivity index (χ4n) is 13.6. The molecule has 4 saturated carbocycles. The van der Waals surface area contributed by atoms with Crippen molar-refractivity contribution in [3.05, 3.63) is 150 Å². The summed E-state index contributed by atoms with van der Waals surface area (Å²) in [6.07, 6.45) is 8.04. The summed E-state index contributed by atoms with van der Waals surface area (Å²) >= 11 is 0. The SMILES string of the molecule is CC1(C)CCC(C)(C)c2cc(N(c3ccc(-c4ccc5ccccc5c4)cc3)c3cccc4c3C3(c5ccccc5O4)C4CC5CC6CC3C64C5)ccc21. The van der Waals surface area contributed by atoms with E-state index in [2.05, 4.69) is 160 Å². The molecule has 6 aromatic carbocycles. The average Bonchev–Trinajstić information content (AvgIpc) is 3.72. The molecule has 6 atom stereocenters. The van der Waals surface area contributed by atoms with Crippen molar-refractivity contribution in [2.45, 2.75) is 82.5 Å². The van der Waals surface area contributed by atoms with Gasteiger partial charge in [-0.15, -0.1) is 0 Å². The summed E-state index contributed by atoms with van der Waals surface area (Å²) in [5, 5.41) is 2.55. The molecule has 6 aromatic rings. The zero-order valence-corrected chi connectivity index (χ0v) is 32.0. The molecule has 2 heteroatoms. The molecule has 2 bridgehead atoms. The van der Waals surface area contributed by atoms with E-state index < -0.39 is 0 Å². The Morgan fingerprint density at radius 1 is 0.556 bits per heavy atom. The summed E-state index contributed by atoms with van der Waals surface area (Å²) in [7, 11) is 0. The average molecular weight is 704 g/mol. The maximum Gasteiger partial charge on any atom is 0.133 e. The molecule has 0 N–H and O–H groups in total. The first-order chi connectivity index (χ1) is 26.2. The van der Waals surface area contributed by atoms with Crippen LogP contribution in [0.1, 0.15) is 88.5 Å². The van der Waals surface area contributed by atoms with E-state index >= 15 is 0 Å². The number of fused-ring (bicyclic) bond motifs is 9. The van der Waals surface area contributed by atoms with Gasteiger partial charge in [-0.1, -0.05) is 107 Å². The third kappa shape index (κ3) is 3.87. The highest BCUT2D eigenvalue weighted by atomic mass is 16.5. The van der Waals surface area contributed by atoms with Crippen molar-refractivity contribution in [1.29, 1.82) is 0 Å². The van der Waals surface area contributed by atoms with Gasteiger partial charge < -0.3 is 9.64 Å². The van der Waals surface area contributed by atoms with Gasteiger partial charge in [0.2, 0.25) is 0 Å². The largest absolute Gasteiger partial charge is 0.457 e. The Kier molecular flexibility index (Phi) is 6.12. The minimum absolute atomic E-state index is 0.0226. The van der Waals surface area contributed by atoms with Gasteiger partial charge in [0.1, 0.15) is 11.5 Å². The maximum absolute atomic E-state index is 7.00. The summed E-state index contributed by atoms with van der Waals surface area (Å²) < 4.78 is 7.00. The summed E-state index contributed by atoms with van der Waals surface area (Å²) in [5.74, 6) is 5.31. The van der Waals surface area contributed by atoms with Crippen molar-refractivity contribution < 1.29 is 4.74 Å². The van der Waals surface area contributed by atoms with Crippen LogP contribution in [0.25, 0.3) is 21.9 Å². The Morgan fingerprint density at radius 3 is 2.09 bits per heavy atom. The molecule has 0 saturated heterocycles. The van der Waals surface area contributed by atoms with Gasteiger partial charge in [0.05, 0.1) is 5.69 Å². The van der Waals surface area contributed by atoms with E-state index in [-0.39, 0.29) is 16.2 Å². The molecule has 1 heterocycles. The van der Waals surface area contributed by atoms with Crippen LogP contribution < -0.4 is 9.64 Å². The van der Waals surface area contributed by atoms with Crippen LogP contribution in [-0.2, 0) is 16.2 Å². The van der Waals surface area contributed by atoms with Gasteiger partial charge in [-0.3, -0.25) is 0 Å². The van der Waals surface area contributed by atoms with Crippen LogP contribution in [0.5, 0.6) is 11.5 Å². The number of hydrogen-bond acceptors (Lipinski definition) is 2. The van der Waals surface area contributed by atoms with Crippen molar-refractivity contribution in [3.63, 3.8) is 0 Å². The topological polar surface area (TPSA) is 12.5 Å². The van der Waals surface area contributed by atoms with Gasteiger partial charge in [0, 0.05) is 27.9 Å². The number of hydrogen-bond donors (Lipinski definition) is 0. The van der Waals surface area contributed by atoms with Crippen molar-refractivity contribution in [3.8, 4) is 22.6 Å². The molecular weight excluding hydrogens is 655 g/mol. The van der Waals surface area contributed by atoms with E-state index in [0.717, 1.165) is 23.3 Å². The first-order valence-electron chi connectivity index (χ1n) is 20.6. The van der Waals surface area contributed by atoms with Crippen molar-refractivity contribution in [2.75, 3.05) is 4.90 Å². The standard InChI is InChI=1S/C52H49NO/c1-49(2)24-25-50(3,4)42-30-39(22-23-40(42)49)53(38-20-18-34(19-21-38)36-17-16-33-10-5-6-11-35(33)28-36)43-13-9-15-45-48(43)52(41-12-7-8-14-44(41)54-45)46-27-32-26-37-29-47(52)51(37,46)31-32/h5-23,28,30,32,37,46-47H,24-27,29,31H2,1-4H3. The Labute approximate surface area is 320 Å². The molecule has 54 heavy (non-hydrogen) atoms. The normalized spacial score (nSPS) is 29.6. The number of rotatable bonds is 4. The third-order valence-corrected chi connectivity index (χ3v) is 16.0. The highest BCUT2D eigenvalue weighted by Crippen LogP contribution is 2.89. The first kappa shape index (κ1) is 31.5. The summed E-state index contributed by atoms with van der Waals surface area (Å²) in [6.45, 7) is 9.77. The summed E-state index contributed by atoms with van der Waals surface area (Å²) in [4.78, 5) is 2.61. The Hall–Kier alpha value is -4.82. The molecule has 2 spiro atoms. The van der Waals surface area contributed by atoms with Crippen LogP contribution in [-0.4, -0.2) is 0 Å². The van der Waals surface area contributed by atoms with Gasteiger partial charge in [-0.05, 0) is 160 Å². The number of nitrogens with zero attached hydrogens (tertiary/aromatic N) is 1. The predicted molar refractivity (Wildman–Crippen MR) is 222 cm³/mol. The predicted octanol–water partition coefficient (Wildman–Crippen LogP) is 13.8. The first-order valence-corrected chi connectivity index (χ1v) is 20.6. The molecule has 5 aliphatic carbocycles. The second kappa shape index (κ2) is 10.5. The lowest BCUT2D eigenvalue weighted by Gasteiger charge is -2.77. The van der Waals surface area contributed by atoms with Crippen LogP contribution in [0, 0.1) is 29.1 Å². The molecule has 0 aromatic heterocycles. The molecule has 6 unspecified atom stereocenters. The van der Waals surface area contributed by atoms with Gasteiger partial charge >= 0.3 is 0 Å². The summed E-state index contributed by atoms with van der Waals surface area (Å²) in [5.41, 5.74) is 12.9. The van der Waals surface area contributed by atoms with E-state index in [0.29, 0.717) is 17.3 Å². The monoisotopic (exact) mass is 703 g/mol. The minimum Gasteiger partial charge on any atom is -0.457 e. The Balaban J connectivity index is 1.07. The fourth-order valence-corrected chi connectivity index (χ4v) is 13.6. The van der Waals surface area contributed by atoms with Gasteiger partial charge in [0.25, 0.3) is 0 Å². The Morgan fingerprint density at radius 2 is 1.26 bits per heavy atom. The number of ether oxygens (including phenoxy) is 1. The molecular formula is C52H49NO. The zero-order chi connectivity index (χ0) is 36.2. The molecule has 12 rings (SSSR count). The van der Waals surface area contributed by atoms with E-state index in [9.17, 15) is 0 Å². The number of anilines is 3. The molecule has 1 aliphatic heterocycles. The Bertz CT molecular complexity index is 2540. The molecule has 6 aliphatic rings. The van der Waals surface area contributed by atoms with E-state index in [1.54, 1.807) is 0 Å². The second-order valence-electron chi connectivity index (χ2n) is 19.3. The number of para-hydroxylation sites is 1. The number of benzene rings is 6. The van der Waals surface area contributed by atoms with Crippen LogP contribution >= 0.6 is 0 Å². The van der Waals surface area contributed by atoms with E-state index in [4.69, 9.17) is 4.74 Å². The fraction of sp³-hybridized carbons (Fsp3) is 0.346. The van der Waals surface area contributed by atoms with Crippen LogP contribution in [0.4, 0.5) is 17.1 Å². The maximum atomic E-state index is 7.00.